The van der Waals surface area contributed by atoms with Crippen LogP contribution in [0.5, 0.6) is 0 Å². The Hall–Kier alpha value is -2.61. The highest BCUT2D eigenvalue weighted by Gasteiger charge is 2.26. The van der Waals surface area contributed by atoms with Gasteiger partial charge in [0.25, 0.3) is 11.5 Å². The summed E-state index contributed by atoms with van der Waals surface area (Å²) in [5.41, 5.74) is 2.77. The predicted molar refractivity (Wildman–Crippen MR) is 99.3 cm³/mol. The molecule has 0 N–H and O–H groups in total. The normalized spacial score (nSPS) is 17.2. The number of fused-ring (bicyclic) bond motifs is 1. The Morgan fingerprint density at radius 2 is 1.89 bits per heavy atom. The summed E-state index contributed by atoms with van der Waals surface area (Å²) in [6, 6.07) is 1.64. The highest BCUT2D eigenvalue weighted by molar-refractivity contribution is 5.93. The molecule has 27 heavy (non-hydrogen) atoms. The van der Waals surface area contributed by atoms with Crippen molar-refractivity contribution in [2.45, 2.75) is 46.3 Å². The SMILES string of the molecule is Cc1ncnc(C(=O)N2CCn3c(nc(CN4CCCC4)cc3=O)C2)c1C. The molecule has 0 aromatic carbocycles. The van der Waals surface area contributed by atoms with Crippen LogP contribution in [0.1, 0.15) is 46.1 Å². The minimum absolute atomic E-state index is 0.0321. The van der Waals surface area contributed by atoms with Gasteiger partial charge in [-0.2, -0.15) is 0 Å². The van der Waals surface area contributed by atoms with Crippen LogP contribution in [0, 0.1) is 13.8 Å². The minimum atomic E-state index is -0.136. The van der Waals surface area contributed by atoms with Gasteiger partial charge >= 0.3 is 0 Å². The van der Waals surface area contributed by atoms with E-state index in [-0.39, 0.29) is 11.5 Å². The Labute approximate surface area is 157 Å². The van der Waals surface area contributed by atoms with Crippen molar-refractivity contribution >= 4 is 5.91 Å². The van der Waals surface area contributed by atoms with Gasteiger partial charge in [-0.25, -0.2) is 15.0 Å². The van der Waals surface area contributed by atoms with E-state index in [2.05, 4.69) is 14.9 Å². The van der Waals surface area contributed by atoms with Crippen LogP contribution < -0.4 is 5.56 Å². The van der Waals surface area contributed by atoms with E-state index in [0.717, 1.165) is 30.0 Å². The van der Waals surface area contributed by atoms with Crippen molar-refractivity contribution in [3.63, 3.8) is 0 Å². The zero-order valence-electron chi connectivity index (χ0n) is 15.8. The van der Waals surface area contributed by atoms with Gasteiger partial charge < -0.3 is 4.90 Å². The maximum atomic E-state index is 12.9. The second-order valence-corrected chi connectivity index (χ2v) is 7.30. The van der Waals surface area contributed by atoms with Gasteiger partial charge in [0.2, 0.25) is 0 Å². The molecule has 0 radical (unpaired) electrons. The number of aryl methyl sites for hydroxylation is 1. The summed E-state index contributed by atoms with van der Waals surface area (Å²) in [6.07, 6.45) is 3.82. The number of nitrogens with zero attached hydrogens (tertiary/aromatic N) is 6. The van der Waals surface area contributed by atoms with Crippen molar-refractivity contribution in [3.05, 3.63) is 51.2 Å². The predicted octanol–water partition coefficient (Wildman–Crippen LogP) is 0.902. The van der Waals surface area contributed by atoms with Crippen LogP contribution in [0.2, 0.25) is 0 Å². The number of carbonyl (C=O) groups excluding carboxylic acids is 1. The van der Waals surface area contributed by atoms with Gasteiger partial charge in [-0.15, -0.1) is 0 Å². The topological polar surface area (TPSA) is 84.2 Å². The van der Waals surface area contributed by atoms with Crippen molar-refractivity contribution in [1.82, 2.24) is 29.3 Å². The monoisotopic (exact) mass is 368 g/mol. The van der Waals surface area contributed by atoms with Crippen LogP contribution >= 0.6 is 0 Å². The first-order valence-electron chi connectivity index (χ1n) is 9.42. The molecule has 8 nitrogen and oxygen atoms in total. The lowest BCUT2D eigenvalue weighted by Crippen LogP contribution is -2.43. The molecule has 2 aromatic rings. The van der Waals surface area contributed by atoms with Gasteiger partial charge in [0.05, 0.1) is 12.2 Å². The van der Waals surface area contributed by atoms with Crippen molar-refractivity contribution in [2.24, 2.45) is 0 Å². The zero-order valence-corrected chi connectivity index (χ0v) is 15.8. The van der Waals surface area contributed by atoms with Crippen LogP contribution in [0.3, 0.4) is 0 Å². The van der Waals surface area contributed by atoms with Gasteiger partial charge in [-0.05, 0) is 39.8 Å². The fourth-order valence-electron chi connectivity index (χ4n) is 3.76. The average Bonchev–Trinajstić information content (AvgIpc) is 3.16. The minimum Gasteiger partial charge on any atom is -0.328 e. The third kappa shape index (κ3) is 3.49. The molecule has 8 heteroatoms. The summed E-state index contributed by atoms with van der Waals surface area (Å²) in [5.74, 6) is 0.517. The summed E-state index contributed by atoms with van der Waals surface area (Å²) < 4.78 is 1.68. The molecule has 0 aliphatic carbocycles. The summed E-state index contributed by atoms with van der Waals surface area (Å²) in [4.78, 5) is 42.5. The number of rotatable bonds is 3. The third-order valence-electron chi connectivity index (χ3n) is 5.48. The van der Waals surface area contributed by atoms with Gasteiger partial charge in [0, 0.05) is 37.0 Å². The van der Waals surface area contributed by atoms with Crippen molar-refractivity contribution in [3.8, 4) is 0 Å². The van der Waals surface area contributed by atoms with E-state index in [4.69, 9.17) is 4.98 Å². The standard InChI is InChI=1S/C19H24N6O2/c1-13-14(2)20-12-21-18(13)19(27)24-7-8-25-16(11-24)22-15(9-17(25)26)10-23-5-3-4-6-23/h9,12H,3-8,10-11H2,1-2H3. The number of amides is 1. The van der Waals surface area contributed by atoms with Crippen LogP contribution in [0.15, 0.2) is 17.2 Å². The molecule has 1 saturated heterocycles. The number of hydrogen-bond acceptors (Lipinski definition) is 6. The molecule has 0 bridgehead atoms. The van der Waals surface area contributed by atoms with Crippen LogP contribution in [-0.2, 0) is 19.6 Å². The van der Waals surface area contributed by atoms with Crippen molar-refractivity contribution < 1.29 is 4.79 Å². The number of aromatic nitrogens is 4. The highest BCUT2D eigenvalue weighted by atomic mass is 16.2. The molecule has 0 unspecified atom stereocenters. The maximum absolute atomic E-state index is 12.9. The Bertz CT molecular complexity index is 932. The molecule has 2 aromatic heterocycles. The van der Waals surface area contributed by atoms with E-state index in [1.165, 1.54) is 19.2 Å². The highest BCUT2D eigenvalue weighted by Crippen LogP contribution is 2.16. The lowest BCUT2D eigenvalue weighted by Gasteiger charge is -2.29. The Morgan fingerprint density at radius 3 is 2.67 bits per heavy atom. The summed E-state index contributed by atoms with van der Waals surface area (Å²) >= 11 is 0. The first-order valence-corrected chi connectivity index (χ1v) is 9.42. The fraction of sp³-hybridized carbons (Fsp3) is 0.526. The second kappa shape index (κ2) is 7.19. The molecular formula is C19H24N6O2. The van der Waals surface area contributed by atoms with E-state index >= 15 is 0 Å². The van der Waals surface area contributed by atoms with E-state index in [1.54, 1.807) is 15.5 Å². The Morgan fingerprint density at radius 1 is 1.11 bits per heavy atom. The molecule has 0 saturated carbocycles. The quantitative estimate of drug-likeness (QED) is 0.800. The fourth-order valence-corrected chi connectivity index (χ4v) is 3.76. The molecule has 2 aliphatic rings. The summed E-state index contributed by atoms with van der Waals surface area (Å²) in [6.45, 7) is 7.78. The molecule has 0 spiro atoms. The molecule has 4 heterocycles. The number of likely N-dealkylation sites (tertiary alicyclic amines) is 1. The molecule has 1 amide bonds. The Balaban J connectivity index is 1.58. The lowest BCUT2D eigenvalue weighted by atomic mass is 10.1. The van der Waals surface area contributed by atoms with Crippen molar-refractivity contribution in [2.75, 3.05) is 19.6 Å². The molecule has 0 atom stereocenters. The Kier molecular flexibility index (Phi) is 4.73. The molecular weight excluding hydrogens is 344 g/mol. The van der Waals surface area contributed by atoms with Gasteiger partial charge in [-0.1, -0.05) is 0 Å². The molecule has 2 aliphatic heterocycles. The van der Waals surface area contributed by atoms with E-state index < -0.39 is 0 Å². The molecule has 4 rings (SSSR count). The summed E-state index contributed by atoms with van der Waals surface area (Å²) in [5, 5.41) is 0. The lowest BCUT2D eigenvalue weighted by molar-refractivity contribution is 0.0696. The summed E-state index contributed by atoms with van der Waals surface area (Å²) in [7, 11) is 0. The number of hydrogen-bond donors (Lipinski definition) is 0. The zero-order chi connectivity index (χ0) is 19.0. The molecule has 1 fully saturated rings. The maximum Gasteiger partial charge on any atom is 0.273 e. The largest absolute Gasteiger partial charge is 0.328 e. The van der Waals surface area contributed by atoms with Crippen molar-refractivity contribution in [1.29, 1.82) is 0 Å². The van der Waals surface area contributed by atoms with Gasteiger partial charge in [0.1, 0.15) is 17.8 Å². The first kappa shape index (κ1) is 17.8. The van der Waals surface area contributed by atoms with E-state index in [9.17, 15) is 9.59 Å². The van der Waals surface area contributed by atoms with Crippen LogP contribution in [0.4, 0.5) is 0 Å². The first-order chi connectivity index (χ1) is 13.0. The van der Waals surface area contributed by atoms with Gasteiger partial charge in [-0.3, -0.25) is 19.1 Å². The third-order valence-corrected chi connectivity index (χ3v) is 5.48. The molecule has 142 valence electrons. The number of carbonyl (C=O) groups is 1. The second-order valence-electron chi connectivity index (χ2n) is 7.30. The van der Waals surface area contributed by atoms with Crippen LogP contribution in [0.25, 0.3) is 0 Å². The average molecular weight is 368 g/mol. The smallest absolute Gasteiger partial charge is 0.273 e. The van der Waals surface area contributed by atoms with Crippen LogP contribution in [-0.4, -0.2) is 54.9 Å². The van der Waals surface area contributed by atoms with E-state index in [0.29, 0.717) is 37.7 Å². The van der Waals surface area contributed by atoms with E-state index in [1.807, 2.05) is 13.8 Å². The van der Waals surface area contributed by atoms with Gasteiger partial charge in [0.15, 0.2) is 0 Å².